The second-order valence-electron chi connectivity index (χ2n) is 13.9. The van der Waals surface area contributed by atoms with Gasteiger partial charge in [-0.1, -0.05) is 42.5 Å². The molecule has 0 aliphatic carbocycles. The SMILES string of the molecule is [C-]#[N+]c1ccc(N(c2ccc(C#N)cc2)c2ccc3cc4c5ccc(N(c6ccc(C#N)cc6)c6ccc(C#N)cc6)cc5n5c6ccccc6c(c3c2)c45)cc1. The van der Waals surface area contributed by atoms with Gasteiger partial charge in [-0.3, -0.25) is 0 Å². The van der Waals surface area contributed by atoms with Crippen molar-refractivity contribution in [3.8, 4) is 18.2 Å². The molecule has 0 aliphatic heterocycles. The molecular formula is C50H27N7. The lowest BCUT2D eigenvalue weighted by Gasteiger charge is -2.26. The molecule has 0 spiro atoms. The maximum absolute atomic E-state index is 9.53. The van der Waals surface area contributed by atoms with E-state index in [1.54, 1.807) is 0 Å². The Morgan fingerprint density at radius 1 is 0.439 bits per heavy atom. The third kappa shape index (κ3) is 5.25. The zero-order valence-electron chi connectivity index (χ0n) is 30.2. The Morgan fingerprint density at radius 3 is 1.47 bits per heavy atom. The topological polar surface area (TPSA) is 86.6 Å². The number of nitriles is 3. The number of para-hydroxylation sites is 1. The molecule has 0 fully saturated rings. The van der Waals surface area contributed by atoms with Crippen LogP contribution in [0.25, 0.3) is 53.7 Å². The van der Waals surface area contributed by atoms with E-state index in [0.717, 1.165) is 83.0 Å². The smallest absolute Gasteiger partial charge is 0.187 e. The Bertz CT molecular complexity index is 3110. The van der Waals surface area contributed by atoms with E-state index in [4.69, 9.17) is 6.57 Å². The van der Waals surface area contributed by atoms with Gasteiger partial charge >= 0.3 is 0 Å². The number of benzene rings is 8. The molecule has 0 bridgehead atoms. The summed E-state index contributed by atoms with van der Waals surface area (Å²) in [5, 5.41) is 35.4. The van der Waals surface area contributed by atoms with Crippen LogP contribution in [0.5, 0.6) is 0 Å². The first-order chi connectivity index (χ1) is 28.1. The van der Waals surface area contributed by atoms with Crippen LogP contribution in [-0.2, 0) is 0 Å². The number of rotatable bonds is 6. The van der Waals surface area contributed by atoms with E-state index >= 15 is 0 Å². The highest BCUT2D eigenvalue weighted by Crippen LogP contribution is 2.47. The molecule has 262 valence electrons. The first-order valence-electron chi connectivity index (χ1n) is 18.3. The van der Waals surface area contributed by atoms with Gasteiger partial charge in [0, 0.05) is 55.7 Å². The Labute approximate surface area is 327 Å². The first-order valence-corrected chi connectivity index (χ1v) is 18.3. The van der Waals surface area contributed by atoms with Crippen molar-refractivity contribution in [1.82, 2.24) is 4.40 Å². The lowest BCUT2D eigenvalue weighted by Crippen LogP contribution is -2.10. The maximum atomic E-state index is 9.53. The lowest BCUT2D eigenvalue weighted by atomic mass is 9.99. The van der Waals surface area contributed by atoms with Crippen molar-refractivity contribution in [3.05, 3.63) is 192 Å². The molecule has 7 heteroatoms. The fraction of sp³-hybridized carbons (Fsp3) is 0. The molecule has 0 saturated heterocycles. The number of hydrogen-bond acceptors (Lipinski definition) is 5. The summed E-state index contributed by atoms with van der Waals surface area (Å²) in [7, 11) is 0. The Balaban J connectivity index is 1.21. The second-order valence-corrected chi connectivity index (χ2v) is 13.9. The molecule has 2 aromatic heterocycles. The summed E-state index contributed by atoms with van der Waals surface area (Å²) in [5.74, 6) is 0. The lowest BCUT2D eigenvalue weighted by molar-refractivity contribution is 1.27. The zero-order chi connectivity index (χ0) is 38.6. The summed E-state index contributed by atoms with van der Waals surface area (Å²) in [4.78, 5) is 7.92. The van der Waals surface area contributed by atoms with Crippen LogP contribution < -0.4 is 9.80 Å². The predicted octanol–water partition coefficient (Wildman–Crippen LogP) is 13.1. The summed E-state index contributed by atoms with van der Waals surface area (Å²) >= 11 is 0. The van der Waals surface area contributed by atoms with Crippen LogP contribution in [0, 0.1) is 40.6 Å². The van der Waals surface area contributed by atoms with Crippen molar-refractivity contribution < 1.29 is 0 Å². The van der Waals surface area contributed by atoms with Gasteiger partial charge in [-0.25, -0.2) is 4.85 Å². The summed E-state index contributed by atoms with van der Waals surface area (Å²) in [6.45, 7) is 7.50. The number of anilines is 6. The van der Waals surface area contributed by atoms with Gasteiger partial charge in [-0.15, -0.1) is 0 Å². The fourth-order valence-corrected chi connectivity index (χ4v) is 8.17. The number of fused-ring (bicyclic) bond motifs is 8. The van der Waals surface area contributed by atoms with Crippen LogP contribution in [0.15, 0.2) is 164 Å². The van der Waals surface area contributed by atoms with E-state index in [1.165, 1.54) is 0 Å². The maximum Gasteiger partial charge on any atom is 0.187 e. The number of nitrogens with zero attached hydrogens (tertiary/aromatic N) is 7. The molecule has 0 N–H and O–H groups in total. The van der Waals surface area contributed by atoms with Crippen LogP contribution in [-0.4, -0.2) is 4.40 Å². The minimum absolute atomic E-state index is 0.567. The van der Waals surface area contributed by atoms with Crippen molar-refractivity contribution in [2.75, 3.05) is 9.80 Å². The molecule has 10 rings (SSSR count). The third-order valence-corrected chi connectivity index (χ3v) is 10.8. The molecule has 0 radical (unpaired) electrons. The normalized spacial score (nSPS) is 11.1. The van der Waals surface area contributed by atoms with Crippen molar-refractivity contribution in [3.63, 3.8) is 0 Å². The molecule has 2 heterocycles. The van der Waals surface area contributed by atoms with Crippen LogP contribution in [0.4, 0.5) is 39.8 Å². The van der Waals surface area contributed by atoms with Gasteiger partial charge in [0.25, 0.3) is 0 Å². The van der Waals surface area contributed by atoms with Crippen LogP contribution in [0.2, 0.25) is 0 Å². The molecule has 0 amide bonds. The number of aromatic nitrogens is 1. The quantitative estimate of drug-likeness (QED) is 0.159. The largest absolute Gasteiger partial charge is 0.311 e. The Morgan fingerprint density at radius 2 is 0.930 bits per heavy atom. The van der Waals surface area contributed by atoms with Gasteiger partial charge in [0.2, 0.25) is 0 Å². The molecule has 57 heavy (non-hydrogen) atoms. The summed E-state index contributed by atoms with van der Waals surface area (Å²) in [6, 6.07) is 60.9. The van der Waals surface area contributed by atoms with Gasteiger partial charge in [-0.2, -0.15) is 15.8 Å². The third-order valence-electron chi connectivity index (χ3n) is 10.8. The standard InChI is InChI=1S/C50H27N7/c1-54-36-13-22-40(23-14-36)55(37-15-6-32(29-51)7-16-37)41-21-12-35-26-46-43-25-24-42(28-48(43)57-47-5-3-2-4-44(47)49(50(46)57)45(35)27-41)56(38-17-8-33(30-52)9-18-38)39-19-10-34(31-53)11-20-39/h2-28H. The monoisotopic (exact) mass is 725 g/mol. The first kappa shape index (κ1) is 33.0. The van der Waals surface area contributed by atoms with Crippen molar-refractivity contribution in [2.24, 2.45) is 0 Å². The highest BCUT2D eigenvalue weighted by atomic mass is 15.1. The van der Waals surface area contributed by atoms with Crippen LogP contribution in [0.1, 0.15) is 16.7 Å². The van der Waals surface area contributed by atoms with Crippen molar-refractivity contribution in [1.29, 1.82) is 15.8 Å². The van der Waals surface area contributed by atoms with E-state index in [0.29, 0.717) is 22.4 Å². The van der Waals surface area contributed by atoms with Crippen molar-refractivity contribution in [2.45, 2.75) is 0 Å². The zero-order valence-corrected chi connectivity index (χ0v) is 30.2. The highest BCUT2D eigenvalue weighted by molar-refractivity contribution is 6.31. The van der Waals surface area contributed by atoms with E-state index in [1.807, 2.05) is 97.1 Å². The fourth-order valence-electron chi connectivity index (χ4n) is 8.17. The van der Waals surface area contributed by atoms with E-state index < -0.39 is 0 Å². The van der Waals surface area contributed by atoms with Gasteiger partial charge in [0.1, 0.15) is 0 Å². The molecular weight excluding hydrogens is 699 g/mol. The average Bonchev–Trinajstić information content (AvgIpc) is 3.79. The molecule has 10 aromatic rings. The summed E-state index contributed by atoms with van der Waals surface area (Å²) in [6.07, 6.45) is 0. The Hall–Kier alpha value is -8.62. The molecule has 0 atom stereocenters. The average molecular weight is 726 g/mol. The molecule has 0 unspecified atom stereocenters. The molecule has 7 nitrogen and oxygen atoms in total. The van der Waals surface area contributed by atoms with Crippen molar-refractivity contribution >= 4 is 88.7 Å². The second kappa shape index (κ2) is 13.0. The summed E-state index contributed by atoms with van der Waals surface area (Å²) in [5.41, 5.74) is 11.1. The van der Waals surface area contributed by atoms with E-state index in [-0.39, 0.29) is 0 Å². The number of hydrogen-bond donors (Lipinski definition) is 0. The van der Waals surface area contributed by atoms with E-state index in [2.05, 4.69) is 104 Å². The van der Waals surface area contributed by atoms with Gasteiger partial charge < -0.3 is 14.2 Å². The minimum atomic E-state index is 0.567. The predicted molar refractivity (Wildman–Crippen MR) is 228 cm³/mol. The van der Waals surface area contributed by atoms with Gasteiger partial charge in [0.05, 0.1) is 58.0 Å². The molecule has 8 aromatic carbocycles. The summed E-state index contributed by atoms with van der Waals surface area (Å²) < 4.78 is 2.38. The minimum Gasteiger partial charge on any atom is -0.311 e. The highest BCUT2D eigenvalue weighted by Gasteiger charge is 2.23. The van der Waals surface area contributed by atoms with Gasteiger partial charge in [0.15, 0.2) is 5.69 Å². The van der Waals surface area contributed by atoms with Gasteiger partial charge in [-0.05, 0) is 132 Å². The molecule has 0 aliphatic rings. The molecule has 0 saturated carbocycles. The van der Waals surface area contributed by atoms with Crippen LogP contribution >= 0.6 is 0 Å². The Kier molecular flexibility index (Phi) is 7.55. The van der Waals surface area contributed by atoms with E-state index in [9.17, 15) is 15.8 Å². The van der Waals surface area contributed by atoms with Crippen LogP contribution in [0.3, 0.4) is 0 Å².